The maximum atomic E-state index is 11.6. The third kappa shape index (κ3) is 19.1. The first-order valence-corrected chi connectivity index (χ1v) is 10.4. The molecule has 28 heavy (non-hydrogen) atoms. The number of carbonyl (C=O) groups is 3. The molecule has 3 N–H and O–H groups in total. The third-order valence-corrected chi connectivity index (χ3v) is 4.02. The van der Waals surface area contributed by atoms with Gasteiger partial charge in [-0.15, -0.1) is 0 Å². The number of ether oxygens (including phenoxy) is 3. The van der Waals surface area contributed by atoms with Crippen molar-refractivity contribution in [3.8, 4) is 0 Å². The molecule has 0 aliphatic rings. The Morgan fingerprint density at radius 3 is 1.36 bits per heavy atom. The molecule has 0 bridgehead atoms. The Balaban J connectivity index is 3.35. The van der Waals surface area contributed by atoms with Crippen molar-refractivity contribution < 1.29 is 33.7 Å². The zero-order valence-corrected chi connectivity index (χ0v) is 17.0. The van der Waals surface area contributed by atoms with E-state index in [0.717, 1.165) is 38.5 Å². The maximum absolute atomic E-state index is 11.6. The van der Waals surface area contributed by atoms with Crippen LogP contribution in [0.5, 0.6) is 0 Å². The van der Waals surface area contributed by atoms with E-state index in [0.29, 0.717) is 58.3 Å². The second-order valence-corrected chi connectivity index (χ2v) is 6.61. The van der Waals surface area contributed by atoms with Gasteiger partial charge in [0.2, 0.25) is 0 Å². The van der Waals surface area contributed by atoms with E-state index in [1.54, 1.807) is 0 Å². The molecule has 0 spiro atoms. The number of esters is 3. The standard InChI is InChI=1S/C20H37NO7/c21-13-7-1-4-10-18(23)26-15-8-2-5-11-19(24)27-16-9-3-6-12-20(25)28-17-14-22/h22H,1-17,21H2. The Bertz CT molecular complexity index is 415. The number of carbonyl (C=O) groups excluding carboxylic acids is 3. The Kier molecular flexibility index (Phi) is 18.9. The van der Waals surface area contributed by atoms with Gasteiger partial charge in [0.25, 0.3) is 0 Å². The topological polar surface area (TPSA) is 125 Å². The predicted molar refractivity (Wildman–Crippen MR) is 104 cm³/mol. The van der Waals surface area contributed by atoms with Crippen LogP contribution in [0.25, 0.3) is 0 Å². The fraction of sp³-hybridized carbons (Fsp3) is 0.850. The second-order valence-electron chi connectivity index (χ2n) is 6.61. The van der Waals surface area contributed by atoms with E-state index < -0.39 is 0 Å². The monoisotopic (exact) mass is 403 g/mol. The van der Waals surface area contributed by atoms with Crippen molar-refractivity contribution in [3.63, 3.8) is 0 Å². The minimum absolute atomic E-state index is 0.0358. The molecule has 0 aliphatic heterocycles. The first kappa shape index (κ1) is 26.3. The lowest BCUT2D eigenvalue weighted by Gasteiger charge is -2.06. The molecule has 0 fully saturated rings. The van der Waals surface area contributed by atoms with Gasteiger partial charge in [0, 0.05) is 19.3 Å². The third-order valence-electron chi connectivity index (χ3n) is 4.02. The van der Waals surface area contributed by atoms with E-state index in [4.69, 9.17) is 25.1 Å². The summed E-state index contributed by atoms with van der Waals surface area (Å²) in [7, 11) is 0. The van der Waals surface area contributed by atoms with Crippen LogP contribution in [-0.2, 0) is 28.6 Å². The van der Waals surface area contributed by atoms with E-state index in [-0.39, 0.29) is 31.1 Å². The summed E-state index contributed by atoms with van der Waals surface area (Å²) in [6, 6.07) is 0. The van der Waals surface area contributed by atoms with Gasteiger partial charge in [-0.05, 0) is 57.9 Å². The van der Waals surface area contributed by atoms with Crippen molar-refractivity contribution in [2.45, 2.75) is 77.0 Å². The first-order chi connectivity index (χ1) is 13.6. The summed E-state index contributed by atoms with van der Waals surface area (Å²) >= 11 is 0. The van der Waals surface area contributed by atoms with Crippen LogP contribution in [0.1, 0.15) is 77.0 Å². The van der Waals surface area contributed by atoms with E-state index in [1.807, 2.05) is 0 Å². The molecule has 8 nitrogen and oxygen atoms in total. The van der Waals surface area contributed by atoms with Crippen LogP contribution in [0.15, 0.2) is 0 Å². The van der Waals surface area contributed by atoms with Gasteiger partial charge in [0.05, 0.1) is 19.8 Å². The van der Waals surface area contributed by atoms with Crippen molar-refractivity contribution in [1.29, 1.82) is 0 Å². The number of rotatable bonds is 19. The zero-order chi connectivity index (χ0) is 20.9. The maximum Gasteiger partial charge on any atom is 0.305 e. The Labute approximate surface area is 168 Å². The van der Waals surface area contributed by atoms with Crippen LogP contribution < -0.4 is 5.73 Å². The van der Waals surface area contributed by atoms with Crippen LogP contribution in [0, 0.1) is 0 Å². The molecule has 0 aromatic carbocycles. The van der Waals surface area contributed by atoms with Crippen molar-refractivity contribution in [2.24, 2.45) is 5.73 Å². The van der Waals surface area contributed by atoms with Crippen LogP contribution >= 0.6 is 0 Å². The van der Waals surface area contributed by atoms with Gasteiger partial charge >= 0.3 is 17.9 Å². The van der Waals surface area contributed by atoms with Gasteiger partial charge in [0.1, 0.15) is 6.61 Å². The lowest BCUT2D eigenvalue weighted by molar-refractivity contribution is -0.146. The number of hydrogen-bond donors (Lipinski definition) is 2. The number of nitrogens with two attached hydrogens (primary N) is 1. The summed E-state index contributed by atoms with van der Waals surface area (Å²) in [5.74, 6) is -0.708. The van der Waals surface area contributed by atoms with E-state index in [2.05, 4.69) is 0 Å². The molecule has 164 valence electrons. The zero-order valence-electron chi connectivity index (χ0n) is 17.0. The highest BCUT2D eigenvalue weighted by Crippen LogP contribution is 2.06. The summed E-state index contributed by atoms with van der Waals surface area (Å²) in [6.45, 7) is 1.27. The molecule has 0 saturated heterocycles. The quantitative estimate of drug-likeness (QED) is 0.191. The average molecular weight is 404 g/mol. The molecular formula is C20H37NO7. The first-order valence-electron chi connectivity index (χ1n) is 10.4. The van der Waals surface area contributed by atoms with Gasteiger partial charge in [-0.2, -0.15) is 0 Å². The van der Waals surface area contributed by atoms with Crippen molar-refractivity contribution in [3.05, 3.63) is 0 Å². The molecule has 0 amide bonds. The average Bonchev–Trinajstić information content (AvgIpc) is 2.68. The van der Waals surface area contributed by atoms with Crippen LogP contribution in [0.4, 0.5) is 0 Å². The fourth-order valence-corrected chi connectivity index (χ4v) is 2.43. The SMILES string of the molecule is NCCCCCC(=O)OCCCCCC(=O)OCCCCCC(=O)OCCO. The number of hydrogen-bond acceptors (Lipinski definition) is 8. The van der Waals surface area contributed by atoms with E-state index in [1.165, 1.54) is 0 Å². The smallest absolute Gasteiger partial charge is 0.305 e. The molecule has 0 saturated carbocycles. The Morgan fingerprint density at radius 1 is 0.571 bits per heavy atom. The molecule has 0 heterocycles. The largest absolute Gasteiger partial charge is 0.466 e. The molecule has 0 rings (SSSR count). The van der Waals surface area contributed by atoms with Gasteiger partial charge in [0.15, 0.2) is 0 Å². The lowest BCUT2D eigenvalue weighted by Crippen LogP contribution is -2.09. The highest BCUT2D eigenvalue weighted by Gasteiger charge is 2.05. The van der Waals surface area contributed by atoms with Gasteiger partial charge in [-0.1, -0.05) is 6.42 Å². The van der Waals surface area contributed by atoms with Crippen LogP contribution in [0.3, 0.4) is 0 Å². The van der Waals surface area contributed by atoms with E-state index >= 15 is 0 Å². The van der Waals surface area contributed by atoms with Gasteiger partial charge in [-0.25, -0.2) is 0 Å². The molecule has 0 aliphatic carbocycles. The number of aliphatic hydroxyl groups excluding tert-OH is 1. The summed E-state index contributed by atoms with van der Waals surface area (Å²) in [4.78, 5) is 34.3. The minimum atomic E-state index is -0.316. The molecule has 0 radical (unpaired) electrons. The lowest BCUT2D eigenvalue weighted by atomic mass is 10.2. The second kappa shape index (κ2) is 20.1. The molecule has 0 unspecified atom stereocenters. The van der Waals surface area contributed by atoms with E-state index in [9.17, 15) is 14.4 Å². The highest BCUT2D eigenvalue weighted by atomic mass is 16.5. The highest BCUT2D eigenvalue weighted by molar-refractivity contribution is 5.70. The minimum Gasteiger partial charge on any atom is -0.466 e. The summed E-state index contributed by atoms with van der Waals surface area (Å²) in [5.41, 5.74) is 5.39. The Hall–Kier alpha value is -1.67. The summed E-state index contributed by atoms with van der Waals surface area (Å²) < 4.78 is 15.0. The molecule has 0 aromatic heterocycles. The number of aliphatic hydroxyl groups is 1. The van der Waals surface area contributed by atoms with Crippen molar-refractivity contribution >= 4 is 17.9 Å². The molecule has 0 aromatic rings. The normalized spacial score (nSPS) is 10.5. The molecule has 0 atom stereocenters. The van der Waals surface area contributed by atoms with Crippen LogP contribution in [0.2, 0.25) is 0 Å². The summed E-state index contributed by atoms with van der Waals surface area (Å²) in [5, 5.41) is 8.53. The van der Waals surface area contributed by atoms with Gasteiger partial charge in [-0.3, -0.25) is 14.4 Å². The van der Waals surface area contributed by atoms with Crippen molar-refractivity contribution in [1.82, 2.24) is 0 Å². The van der Waals surface area contributed by atoms with Gasteiger partial charge < -0.3 is 25.1 Å². The fourth-order valence-electron chi connectivity index (χ4n) is 2.43. The molecule has 8 heteroatoms. The summed E-state index contributed by atoms with van der Waals surface area (Å²) in [6.07, 6.45) is 8.24. The van der Waals surface area contributed by atoms with Crippen molar-refractivity contribution in [2.75, 3.05) is 33.0 Å². The Morgan fingerprint density at radius 2 is 0.964 bits per heavy atom. The molecular weight excluding hydrogens is 366 g/mol. The predicted octanol–water partition coefficient (Wildman–Crippen LogP) is 2.25. The number of unbranched alkanes of at least 4 members (excludes halogenated alkanes) is 6. The van der Waals surface area contributed by atoms with Crippen LogP contribution in [-0.4, -0.2) is 56.0 Å².